The van der Waals surface area contributed by atoms with Gasteiger partial charge in [-0.1, -0.05) is 11.6 Å². The van der Waals surface area contributed by atoms with Crippen LogP contribution in [0.2, 0.25) is 5.02 Å². The molecule has 0 spiro atoms. The summed E-state index contributed by atoms with van der Waals surface area (Å²) in [6.07, 6.45) is 0.858. The number of ether oxygens (including phenoxy) is 1. The lowest BCUT2D eigenvalue weighted by molar-refractivity contribution is -0.140. The van der Waals surface area contributed by atoms with Crippen molar-refractivity contribution in [1.29, 1.82) is 0 Å². The minimum atomic E-state index is -0.251. The highest BCUT2D eigenvalue weighted by atomic mass is 79.9. The van der Waals surface area contributed by atoms with Crippen LogP contribution in [0.15, 0.2) is 16.6 Å². The highest BCUT2D eigenvalue weighted by Gasteiger charge is 2.07. The third kappa shape index (κ3) is 3.39. The smallest absolute Gasteiger partial charge is 0.305 e. The molecule has 82 valence electrons. The third-order valence-electron chi connectivity index (χ3n) is 1.99. The third-order valence-corrected chi connectivity index (χ3v) is 3.03. The van der Waals surface area contributed by atoms with Crippen LogP contribution in [0.3, 0.4) is 0 Å². The fraction of sp³-hybridized carbons (Fsp3) is 0.300. The number of halogens is 2. The number of carbonyl (C=O) groups is 1. The highest BCUT2D eigenvalue weighted by Crippen LogP contribution is 2.28. The van der Waals surface area contributed by atoms with Gasteiger partial charge in [-0.05, 0) is 40.0 Å². The number of nitrogen functional groups attached to an aromatic ring is 1. The van der Waals surface area contributed by atoms with Crippen molar-refractivity contribution >= 4 is 39.2 Å². The fourth-order valence-electron chi connectivity index (χ4n) is 1.13. The van der Waals surface area contributed by atoms with Crippen LogP contribution in [0, 0.1) is 0 Å². The molecule has 15 heavy (non-hydrogen) atoms. The molecule has 0 atom stereocenters. The Kier molecular flexibility index (Phi) is 4.42. The normalized spacial score (nSPS) is 10.1. The molecule has 5 heteroatoms. The molecule has 0 heterocycles. The first-order valence-corrected chi connectivity index (χ1v) is 5.52. The standard InChI is InChI=1S/C10H11BrClNO2/c1-15-10(14)3-2-6-4-7(11)9(13)5-8(6)12/h4-5H,2-3,13H2,1H3. The molecule has 0 saturated heterocycles. The van der Waals surface area contributed by atoms with Crippen molar-refractivity contribution in [3.05, 3.63) is 27.2 Å². The molecule has 0 aromatic heterocycles. The van der Waals surface area contributed by atoms with Crippen molar-refractivity contribution in [2.75, 3.05) is 12.8 Å². The number of aryl methyl sites for hydroxylation is 1. The molecule has 0 aliphatic carbocycles. The Bertz CT molecular complexity index is 382. The average molecular weight is 293 g/mol. The number of hydrogen-bond acceptors (Lipinski definition) is 3. The molecule has 0 fully saturated rings. The number of esters is 1. The van der Waals surface area contributed by atoms with Crippen LogP contribution in [-0.2, 0) is 16.0 Å². The van der Waals surface area contributed by atoms with Gasteiger partial charge in [0, 0.05) is 21.6 Å². The first kappa shape index (κ1) is 12.3. The number of rotatable bonds is 3. The van der Waals surface area contributed by atoms with E-state index in [1.54, 1.807) is 6.07 Å². The maximum Gasteiger partial charge on any atom is 0.305 e. The molecule has 1 aromatic carbocycles. The minimum absolute atomic E-state index is 0.251. The summed E-state index contributed by atoms with van der Waals surface area (Å²) in [7, 11) is 1.36. The van der Waals surface area contributed by atoms with Gasteiger partial charge in [-0.3, -0.25) is 4.79 Å². The number of nitrogens with two attached hydrogens (primary N) is 1. The van der Waals surface area contributed by atoms with Crippen LogP contribution >= 0.6 is 27.5 Å². The van der Waals surface area contributed by atoms with Crippen molar-refractivity contribution in [3.63, 3.8) is 0 Å². The van der Waals surface area contributed by atoms with Gasteiger partial charge in [0.05, 0.1) is 7.11 Å². The second-order valence-electron chi connectivity index (χ2n) is 3.04. The van der Waals surface area contributed by atoms with E-state index in [4.69, 9.17) is 17.3 Å². The highest BCUT2D eigenvalue weighted by molar-refractivity contribution is 9.10. The van der Waals surface area contributed by atoms with Gasteiger partial charge in [0.2, 0.25) is 0 Å². The van der Waals surface area contributed by atoms with E-state index in [9.17, 15) is 4.79 Å². The lowest BCUT2D eigenvalue weighted by Gasteiger charge is -2.06. The maximum absolute atomic E-state index is 10.9. The summed E-state index contributed by atoms with van der Waals surface area (Å²) in [5.74, 6) is -0.251. The largest absolute Gasteiger partial charge is 0.469 e. The van der Waals surface area contributed by atoms with Gasteiger partial charge in [-0.2, -0.15) is 0 Å². The summed E-state index contributed by atoms with van der Waals surface area (Å²) < 4.78 is 5.33. The number of carbonyl (C=O) groups excluding carboxylic acids is 1. The van der Waals surface area contributed by atoms with E-state index in [0.29, 0.717) is 23.6 Å². The molecule has 0 aliphatic heterocycles. The number of hydrogen-bond donors (Lipinski definition) is 1. The Morgan fingerprint density at radius 2 is 2.27 bits per heavy atom. The second-order valence-corrected chi connectivity index (χ2v) is 4.30. The Morgan fingerprint density at radius 1 is 1.60 bits per heavy atom. The minimum Gasteiger partial charge on any atom is -0.469 e. The predicted molar refractivity (Wildman–Crippen MR) is 63.9 cm³/mol. The van der Waals surface area contributed by atoms with Crippen molar-refractivity contribution in [2.24, 2.45) is 0 Å². The number of benzene rings is 1. The molecule has 0 unspecified atom stereocenters. The van der Waals surface area contributed by atoms with Crippen molar-refractivity contribution in [3.8, 4) is 0 Å². The second kappa shape index (κ2) is 5.37. The summed E-state index contributed by atoms with van der Waals surface area (Å²) >= 11 is 9.28. The summed E-state index contributed by atoms with van der Waals surface area (Å²) in [5.41, 5.74) is 7.11. The van der Waals surface area contributed by atoms with Crippen LogP contribution in [0.4, 0.5) is 5.69 Å². The van der Waals surface area contributed by atoms with E-state index < -0.39 is 0 Å². The van der Waals surface area contributed by atoms with E-state index in [1.165, 1.54) is 7.11 Å². The Hall–Kier alpha value is -0.740. The fourth-order valence-corrected chi connectivity index (χ4v) is 1.79. The van der Waals surface area contributed by atoms with Gasteiger partial charge in [0.25, 0.3) is 0 Å². The molecule has 0 aliphatic rings. The van der Waals surface area contributed by atoms with Crippen LogP contribution in [-0.4, -0.2) is 13.1 Å². The monoisotopic (exact) mass is 291 g/mol. The van der Waals surface area contributed by atoms with E-state index in [2.05, 4.69) is 20.7 Å². The summed E-state index contributed by atoms with van der Waals surface area (Å²) in [4.78, 5) is 10.9. The maximum atomic E-state index is 10.9. The average Bonchev–Trinajstić information content (AvgIpc) is 2.21. The molecule has 1 rings (SSSR count). The van der Waals surface area contributed by atoms with Crippen LogP contribution < -0.4 is 5.73 Å². The molecular formula is C10H11BrClNO2. The Balaban J connectivity index is 2.77. The molecule has 0 radical (unpaired) electrons. The summed E-state index contributed by atoms with van der Waals surface area (Å²) in [6.45, 7) is 0. The Morgan fingerprint density at radius 3 is 2.87 bits per heavy atom. The number of methoxy groups -OCH3 is 1. The molecular weight excluding hydrogens is 281 g/mol. The van der Waals surface area contributed by atoms with Gasteiger partial charge in [0.1, 0.15) is 0 Å². The van der Waals surface area contributed by atoms with Crippen molar-refractivity contribution < 1.29 is 9.53 Å². The molecule has 0 amide bonds. The zero-order valence-corrected chi connectivity index (χ0v) is 10.6. The molecule has 0 bridgehead atoms. The van der Waals surface area contributed by atoms with Gasteiger partial charge in [0.15, 0.2) is 0 Å². The van der Waals surface area contributed by atoms with Crippen LogP contribution in [0.5, 0.6) is 0 Å². The van der Waals surface area contributed by atoms with Gasteiger partial charge in [-0.25, -0.2) is 0 Å². The van der Waals surface area contributed by atoms with E-state index >= 15 is 0 Å². The Labute approximate surface area is 102 Å². The lowest BCUT2D eigenvalue weighted by atomic mass is 10.1. The van der Waals surface area contributed by atoms with Gasteiger partial charge >= 0.3 is 5.97 Å². The number of anilines is 1. The lowest BCUT2D eigenvalue weighted by Crippen LogP contribution is -2.02. The summed E-state index contributed by atoms with van der Waals surface area (Å²) in [6, 6.07) is 3.48. The van der Waals surface area contributed by atoms with Crippen molar-refractivity contribution in [1.82, 2.24) is 0 Å². The topological polar surface area (TPSA) is 52.3 Å². The molecule has 3 nitrogen and oxygen atoms in total. The zero-order chi connectivity index (χ0) is 11.4. The van der Waals surface area contributed by atoms with E-state index in [0.717, 1.165) is 10.0 Å². The first-order chi connectivity index (χ1) is 7.04. The molecule has 2 N–H and O–H groups in total. The summed E-state index contributed by atoms with van der Waals surface area (Å²) in [5, 5.41) is 0.569. The quantitative estimate of drug-likeness (QED) is 0.688. The van der Waals surface area contributed by atoms with E-state index in [1.807, 2.05) is 6.07 Å². The predicted octanol–water partition coefficient (Wildman–Crippen LogP) is 2.79. The SMILES string of the molecule is COC(=O)CCc1cc(Br)c(N)cc1Cl. The van der Waals surface area contributed by atoms with Gasteiger partial charge < -0.3 is 10.5 Å². The molecule has 1 aromatic rings. The van der Waals surface area contributed by atoms with E-state index in [-0.39, 0.29) is 5.97 Å². The zero-order valence-electron chi connectivity index (χ0n) is 8.22. The first-order valence-electron chi connectivity index (χ1n) is 4.34. The van der Waals surface area contributed by atoms with Crippen molar-refractivity contribution in [2.45, 2.75) is 12.8 Å². The van der Waals surface area contributed by atoms with Crippen LogP contribution in [0.1, 0.15) is 12.0 Å². The van der Waals surface area contributed by atoms with Crippen LogP contribution in [0.25, 0.3) is 0 Å². The van der Waals surface area contributed by atoms with Gasteiger partial charge in [-0.15, -0.1) is 0 Å². The molecule has 0 saturated carbocycles.